The third-order valence-corrected chi connectivity index (χ3v) is 2.87. The Morgan fingerprint density at radius 2 is 2.38 bits per heavy atom. The van der Waals surface area contributed by atoms with Crippen molar-refractivity contribution in [3.8, 4) is 0 Å². The Morgan fingerprint density at radius 3 is 3.00 bits per heavy atom. The third kappa shape index (κ3) is 1.39. The predicted molar refractivity (Wildman–Crippen MR) is 52.9 cm³/mol. The highest BCUT2D eigenvalue weighted by Crippen LogP contribution is 2.36. The van der Waals surface area contributed by atoms with Crippen LogP contribution < -0.4 is 5.73 Å². The zero-order valence-electron chi connectivity index (χ0n) is 8.34. The number of rotatable bonds is 2. The van der Waals surface area contributed by atoms with Gasteiger partial charge in [-0.3, -0.25) is 0 Å². The summed E-state index contributed by atoms with van der Waals surface area (Å²) < 4.78 is 5.76. The van der Waals surface area contributed by atoms with E-state index in [9.17, 15) is 0 Å². The average molecular weight is 179 g/mol. The van der Waals surface area contributed by atoms with Crippen molar-refractivity contribution in [1.29, 1.82) is 0 Å². The van der Waals surface area contributed by atoms with Gasteiger partial charge in [0.1, 0.15) is 11.5 Å². The van der Waals surface area contributed by atoms with Crippen LogP contribution in [0.1, 0.15) is 49.2 Å². The van der Waals surface area contributed by atoms with E-state index in [0.29, 0.717) is 11.8 Å². The Hall–Kier alpha value is -0.760. The molecular weight excluding hydrogens is 162 g/mol. The van der Waals surface area contributed by atoms with Crippen LogP contribution in [0, 0.1) is 0 Å². The summed E-state index contributed by atoms with van der Waals surface area (Å²) in [4.78, 5) is 0. The third-order valence-electron chi connectivity index (χ3n) is 2.87. The fourth-order valence-corrected chi connectivity index (χ4v) is 2.00. The SMILES string of the molecule is CC(C)c1cc2c(o1)CCC2CN. The van der Waals surface area contributed by atoms with E-state index < -0.39 is 0 Å². The number of nitrogens with two attached hydrogens (primary N) is 1. The van der Waals surface area contributed by atoms with Crippen LogP contribution in [0.2, 0.25) is 0 Å². The first-order valence-electron chi connectivity index (χ1n) is 5.05. The van der Waals surface area contributed by atoms with Crippen LogP contribution in [0.25, 0.3) is 0 Å². The van der Waals surface area contributed by atoms with Crippen LogP contribution >= 0.6 is 0 Å². The second-order valence-corrected chi connectivity index (χ2v) is 4.15. The van der Waals surface area contributed by atoms with Crippen molar-refractivity contribution in [2.24, 2.45) is 5.73 Å². The zero-order chi connectivity index (χ0) is 9.42. The van der Waals surface area contributed by atoms with Gasteiger partial charge in [-0.2, -0.15) is 0 Å². The highest BCUT2D eigenvalue weighted by atomic mass is 16.3. The summed E-state index contributed by atoms with van der Waals surface area (Å²) in [6.07, 6.45) is 2.24. The van der Waals surface area contributed by atoms with Crippen molar-refractivity contribution < 1.29 is 4.42 Å². The summed E-state index contributed by atoms with van der Waals surface area (Å²) in [6.45, 7) is 5.07. The maximum Gasteiger partial charge on any atom is 0.107 e. The Morgan fingerprint density at radius 1 is 1.62 bits per heavy atom. The summed E-state index contributed by atoms with van der Waals surface area (Å²) in [5.74, 6) is 3.33. The van der Waals surface area contributed by atoms with Crippen molar-refractivity contribution in [3.05, 3.63) is 23.2 Å². The lowest BCUT2D eigenvalue weighted by Gasteiger charge is -2.04. The molecule has 1 atom stereocenters. The first-order chi connectivity index (χ1) is 6.22. The zero-order valence-corrected chi connectivity index (χ0v) is 8.34. The van der Waals surface area contributed by atoms with Gasteiger partial charge in [0.2, 0.25) is 0 Å². The molecule has 2 N–H and O–H groups in total. The average Bonchev–Trinajstić information content (AvgIpc) is 2.60. The Balaban J connectivity index is 2.31. The van der Waals surface area contributed by atoms with Gasteiger partial charge in [0.05, 0.1) is 0 Å². The van der Waals surface area contributed by atoms with Gasteiger partial charge in [-0.15, -0.1) is 0 Å². The van der Waals surface area contributed by atoms with Gasteiger partial charge < -0.3 is 10.2 Å². The first-order valence-corrected chi connectivity index (χ1v) is 5.05. The lowest BCUT2D eigenvalue weighted by molar-refractivity contribution is 0.450. The molecule has 1 heterocycles. The minimum Gasteiger partial charge on any atom is -0.466 e. The second kappa shape index (κ2) is 3.18. The highest BCUT2D eigenvalue weighted by Gasteiger charge is 2.26. The summed E-state index contributed by atoms with van der Waals surface area (Å²) in [7, 11) is 0. The summed E-state index contributed by atoms with van der Waals surface area (Å²) in [6, 6.07) is 2.20. The molecule has 1 aliphatic carbocycles. The van der Waals surface area contributed by atoms with Crippen LogP contribution in [0.3, 0.4) is 0 Å². The van der Waals surface area contributed by atoms with Gasteiger partial charge in [0, 0.05) is 18.3 Å². The Labute approximate surface area is 79.1 Å². The van der Waals surface area contributed by atoms with Crippen LogP contribution in [0.5, 0.6) is 0 Å². The molecule has 2 rings (SSSR count). The highest BCUT2D eigenvalue weighted by molar-refractivity contribution is 5.31. The van der Waals surface area contributed by atoms with Gasteiger partial charge in [0.15, 0.2) is 0 Å². The van der Waals surface area contributed by atoms with E-state index in [1.165, 1.54) is 17.7 Å². The molecule has 13 heavy (non-hydrogen) atoms. The molecule has 0 aliphatic heterocycles. The second-order valence-electron chi connectivity index (χ2n) is 4.15. The lowest BCUT2D eigenvalue weighted by Crippen LogP contribution is -2.08. The van der Waals surface area contributed by atoms with Crippen LogP contribution in [-0.2, 0) is 6.42 Å². The molecule has 0 saturated heterocycles. The molecule has 2 nitrogen and oxygen atoms in total. The Bertz CT molecular complexity index is 301. The maximum absolute atomic E-state index is 5.76. The van der Waals surface area contributed by atoms with E-state index in [4.69, 9.17) is 10.2 Å². The van der Waals surface area contributed by atoms with Gasteiger partial charge in [0.25, 0.3) is 0 Å². The molecule has 0 amide bonds. The molecular formula is C11H17NO. The molecule has 0 saturated carbocycles. The quantitative estimate of drug-likeness (QED) is 0.757. The fourth-order valence-electron chi connectivity index (χ4n) is 2.00. The monoisotopic (exact) mass is 179 g/mol. The normalized spacial score (nSPS) is 21.1. The summed E-state index contributed by atoms with van der Waals surface area (Å²) in [5, 5.41) is 0. The molecule has 0 spiro atoms. The van der Waals surface area contributed by atoms with Gasteiger partial charge in [-0.1, -0.05) is 13.8 Å². The van der Waals surface area contributed by atoms with E-state index in [0.717, 1.165) is 18.7 Å². The van der Waals surface area contributed by atoms with Crippen molar-refractivity contribution in [2.75, 3.05) is 6.54 Å². The van der Waals surface area contributed by atoms with Crippen LogP contribution in [0.15, 0.2) is 10.5 Å². The van der Waals surface area contributed by atoms with E-state index in [1.54, 1.807) is 0 Å². The van der Waals surface area contributed by atoms with Crippen molar-refractivity contribution >= 4 is 0 Å². The number of aryl methyl sites for hydroxylation is 1. The molecule has 0 bridgehead atoms. The predicted octanol–water partition coefficient (Wildman–Crippen LogP) is 2.39. The minimum atomic E-state index is 0.490. The molecule has 1 aromatic rings. The molecule has 2 heteroatoms. The molecule has 0 radical (unpaired) electrons. The standard InChI is InChI=1S/C11H17NO/c1-7(2)11-5-9-8(6-12)3-4-10(9)13-11/h5,7-8H,3-4,6,12H2,1-2H3. The van der Waals surface area contributed by atoms with Crippen LogP contribution in [0.4, 0.5) is 0 Å². The van der Waals surface area contributed by atoms with Crippen LogP contribution in [-0.4, -0.2) is 6.54 Å². The molecule has 1 aliphatic rings. The fraction of sp³-hybridized carbons (Fsp3) is 0.636. The van der Waals surface area contributed by atoms with Crippen molar-refractivity contribution in [3.63, 3.8) is 0 Å². The number of hydrogen-bond donors (Lipinski definition) is 1. The van der Waals surface area contributed by atoms with Gasteiger partial charge >= 0.3 is 0 Å². The smallest absolute Gasteiger partial charge is 0.107 e. The van der Waals surface area contributed by atoms with Gasteiger partial charge in [-0.25, -0.2) is 0 Å². The Kier molecular flexibility index (Phi) is 2.16. The van der Waals surface area contributed by atoms with E-state index in [-0.39, 0.29) is 0 Å². The van der Waals surface area contributed by atoms with Crippen molar-refractivity contribution in [2.45, 2.75) is 38.5 Å². The topological polar surface area (TPSA) is 39.2 Å². The maximum atomic E-state index is 5.76. The summed E-state index contributed by atoms with van der Waals surface area (Å²) >= 11 is 0. The minimum absolute atomic E-state index is 0.490. The summed E-state index contributed by atoms with van der Waals surface area (Å²) in [5.41, 5.74) is 7.06. The number of fused-ring (bicyclic) bond motifs is 1. The van der Waals surface area contributed by atoms with Crippen molar-refractivity contribution in [1.82, 2.24) is 0 Å². The van der Waals surface area contributed by atoms with Gasteiger partial charge in [-0.05, 0) is 24.6 Å². The largest absolute Gasteiger partial charge is 0.466 e. The van der Waals surface area contributed by atoms with E-state index in [1.807, 2.05) is 0 Å². The molecule has 0 fully saturated rings. The molecule has 1 unspecified atom stereocenters. The molecule has 1 aromatic heterocycles. The number of furan rings is 1. The first kappa shape index (κ1) is 8.82. The lowest BCUT2D eigenvalue weighted by atomic mass is 10.0. The van der Waals surface area contributed by atoms with E-state index >= 15 is 0 Å². The number of hydrogen-bond acceptors (Lipinski definition) is 2. The molecule has 72 valence electrons. The molecule has 0 aromatic carbocycles. The van der Waals surface area contributed by atoms with E-state index in [2.05, 4.69) is 19.9 Å².